The molecule has 28 heavy (non-hydrogen) atoms. The zero-order valence-electron chi connectivity index (χ0n) is 14.2. The molecule has 0 atom stereocenters. The summed E-state index contributed by atoms with van der Waals surface area (Å²) in [5, 5.41) is 17.2. The highest BCUT2D eigenvalue weighted by Crippen LogP contribution is 2.27. The van der Waals surface area contributed by atoms with Crippen LogP contribution in [0, 0.1) is 10.1 Å². The van der Waals surface area contributed by atoms with Crippen molar-refractivity contribution in [2.75, 3.05) is 11.9 Å². The number of carbonyl (C=O) groups excluding carboxylic acids is 2. The number of rotatable bonds is 7. The molecular weight excluding hydrogens is 436 g/mol. The Labute approximate surface area is 166 Å². The molecule has 0 aliphatic rings. The van der Waals surface area contributed by atoms with Crippen LogP contribution in [0.3, 0.4) is 0 Å². The van der Waals surface area contributed by atoms with Crippen molar-refractivity contribution in [3.8, 4) is 0 Å². The summed E-state index contributed by atoms with van der Waals surface area (Å²) in [4.78, 5) is 34.1. The first-order valence-electron chi connectivity index (χ1n) is 7.89. The van der Waals surface area contributed by atoms with Gasteiger partial charge < -0.3 is 14.5 Å². The molecule has 0 aliphatic carbocycles. The molecule has 0 aliphatic heterocycles. The molecule has 0 saturated heterocycles. The van der Waals surface area contributed by atoms with Gasteiger partial charge in [-0.2, -0.15) is 5.10 Å². The maximum Gasteiger partial charge on any atom is 0.374 e. The number of nitrogens with zero attached hydrogens (tertiary/aromatic N) is 3. The third kappa shape index (κ3) is 4.82. The second-order valence-corrected chi connectivity index (χ2v) is 6.37. The third-order valence-corrected chi connectivity index (χ3v) is 4.17. The topological polar surface area (TPSA) is 130 Å². The summed E-state index contributed by atoms with van der Waals surface area (Å²) in [5.41, 5.74) is 0.186. The van der Waals surface area contributed by atoms with E-state index in [9.17, 15) is 19.7 Å². The first-order chi connectivity index (χ1) is 13.4. The van der Waals surface area contributed by atoms with Crippen molar-refractivity contribution < 1.29 is 23.7 Å². The van der Waals surface area contributed by atoms with Gasteiger partial charge in [-0.25, -0.2) is 4.79 Å². The van der Waals surface area contributed by atoms with Gasteiger partial charge in [-0.15, -0.1) is 0 Å². The van der Waals surface area contributed by atoms with Crippen molar-refractivity contribution in [3.05, 3.63) is 74.9 Å². The maximum absolute atomic E-state index is 12.0. The quantitative estimate of drug-likeness (QED) is 0.334. The minimum absolute atomic E-state index is 0.0357. The Kier molecular flexibility index (Phi) is 5.84. The van der Waals surface area contributed by atoms with Gasteiger partial charge >= 0.3 is 5.97 Å². The molecule has 0 fully saturated rings. The highest BCUT2D eigenvalue weighted by atomic mass is 79.9. The number of halogens is 1. The number of nitro groups is 1. The summed E-state index contributed by atoms with van der Waals surface area (Å²) in [6.45, 7) is -0.188. The van der Waals surface area contributed by atoms with Gasteiger partial charge in [0.2, 0.25) is 5.76 Å². The smallest absolute Gasteiger partial charge is 0.374 e. The van der Waals surface area contributed by atoms with E-state index in [-0.39, 0.29) is 11.4 Å². The lowest BCUT2D eigenvalue weighted by Gasteiger charge is -2.07. The van der Waals surface area contributed by atoms with Crippen molar-refractivity contribution in [2.45, 2.75) is 6.54 Å². The highest BCUT2D eigenvalue weighted by molar-refractivity contribution is 9.10. The predicted octanol–water partition coefficient (Wildman–Crippen LogP) is 2.99. The van der Waals surface area contributed by atoms with Crippen LogP contribution >= 0.6 is 15.9 Å². The monoisotopic (exact) mass is 448 g/mol. The average molecular weight is 449 g/mol. The molecule has 2 heterocycles. The van der Waals surface area contributed by atoms with Crippen LogP contribution in [0.1, 0.15) is 16.3 Å². The minimum atomic E-state index is -0.787. The molecule has 2 aromatic heterocycles. The number of aromatic nitrogens is 2. The fraction of sp³-hybridized carbons (Fsp3) is 0.118. The van der Waals surface area contributed by atoms with Crippen LogP contribution in [0.2, 0.25) is 0 Å². The Hall–Kier alpha value is -3.47. The predicted molar refractivity (Wildman–Crippen MR) is 99.7 cm³/mol. The number of nitro benzene ring substituents is 1. The standard InChI is InChI=1S/C17H13BrN4O6/c18-13-8-11(22(25)26)2-4-14(13)20-16(23)10-27-17(24)15-5-3-12(28-15)9-21-7-1-6-19-21/h1-8H,9-10H2,(H,20,23). The lowest BCUT2D eigenvalue weighted by Crippen LogP contribution is -2.21. The Morgan fingerprint density at radius 2 is 2.14 bits per heavy atom. The van der Waals surface area contributed by atoms with E-state index in [0.717, 1.165) is 0 Å². The van der Waals surface area contributed by atoms with Gasteiger partial charge in [-0.05, 0) is 40.2 Å². The summed E-state index contributed by atoms with van der Waals surface area (Å²) in [6, 6.07) is 8.70. The molecule has 1 aromatic carbocycles. The molecule has 1 amide bonds. The lowest BCUT2D eigenvalue weighted by atomic mass is 10.3. The van der Waals surface area contributed by atoms with Crippen LogP contribution in [0.25, 0.3) is 0 Å². The Morgan fingerprint density at radius 3 is 2.82 bits per heavy atom. The highest BCUT2D eigenvalue weighted by Gasteiger charge is 2.16. The number of amides is 1. The number of hydrogen-bond acceptors (Lipinski definition) is 7. The largest absolute Gasteiger partial charge is 0.452 e. The number of carbonyl (C=O) groups is 2. The molecule has 0 saturated carbocycles. The Morgan fingerprint density at radius 1 is 1.32 bits per heavy atom. The van der Waals surface area contributed by atoms with Crippen LogP contribution in [0.15, 0.2) is 57.7 Å². The average Bonchev–Trinajstić information content (AvgIpc) is 3.34. The van der Waals surface area contributed by atoms with Gasteiger partial charge in [0.1, 0.15) is 5.76 Å². The van der Waals surface area contributed by atoms with Gasteiger partial charge in [0.05, 0.1) is 17.2 Å². The Balaban J connectivity index is 1.52. The first-order valence-corrected chi connectivity index (χ1v) is 8.69. The van der Waals surface area contributed by atoms with E-state index in [1.165, 1.54) is 24.3 Å². The van der Waals surface area contributed by atoms with Crippen molar-refractivity contribution in [3.63, 3.8) is 0 Å². The molecule has 3 rings (SSSR count). The van der Waals surface area contributed by atoms with Gasteiger partial charge in [-0.3, -0.25) is 19.6 Å². The fourth-order valence-electron chi connectivity index (χ4n) is 2.23. The Bertz CT molecular complexity index is 1010. The van der Waals surface area contributed by atoms with E-state index in [1.807, 2.05) is 0 Å². The van der Waals surface area contributed by atoms with Crippen molar-refractivity contribution in [2.24, 2.45) is 0 Å². The summed E-state index contributed by atoms with van der Waals surface area (Å²) >= 11 is 3.14. The van der Waals surface area contributed by atoms with Crippen LogP contribution in [-0.2, 0) is 16.1 Å². The van der Waals surface area contributed by atoms with E-state index in [2.05, 4.69) is 26.3 Å². The number of hydrogen-bond donors (Lipinski definition) is 1. The normalized spacial score (nSPS) is 10.5. The molecule has 0 unspecified atom stereocenters. The van der Waals surface area contributed by atoms with E-state index in [4.69, 9.17) is 9.15 Å². The zero-order chi connectivity index (χ0) is 20.1. The van der Waals surface area contributed by atoms with E-state index in [1.54, 1.807) is 29.2 Å². The molecule has 3 aromatic rings. The molecule has 11 heteroatoms. The van der Waals surface area contributed by atoms with Crippen LogP contribution in [0.4, 0.5) is 11.4 Å². The van der Waals surface area contributed by atoms with E-state index >= 15 is 0 Å². The second kappa shape index (κ2) is 8.48. The summed E-state index contributed by atoms with van der Waals surface area (Å²) < 4.78 is 12.3. The van der Waals surface area contributed by atoms with Gasteiger partial charge in [0.25, 0.3) is 11.6 Å². The van der Waals surface area contributed by atoms with Crippen molar-refractivity contribution >= 4 is 39.2 Å². The number of non-ortho nitro benzene ring substituents is 1. The van der Waals surface area contributed by atoms with Crippen molar-refractivity contribution in [1.82, 2.24) is 9.78 Å². The first kappa shape index (κ1) is 19.3. The number of nitrogens with one attached hydrogen (secondary N) is 1. The number of furan rings is 1. The van der Waals surface area contributed by atoms with Crippen LogP contribution < -0.4 is 5.32 Å². The molecule has 0 radical (unpaired) electrons. The lowest BCUT2D eigenvalue weighted by molar-refractivity contribution is -0.384. The maximum atomic E-state index is 12.0. The molecule has 0 bridgehead atoms. The second-order valence-electron chi connectivity index (χ2n) is 5.52. The van der Waals surface area contributed by atoms with E-state index in [0.29, 0.717) is 22.5 Å². The molecule has 144 valence electrons. The van der Waals surface area contributed by atoms with Gasteiger partial charge in [-0.1, -0.05) is 0 Å². The zero-order valence-corrected chi connectivity index (χ0v) is 15.8. The van der Waals surface area contributed by atoms with Crippen molar-refractivity contribution in [1.29, 1.82) is 0 Å². The van der Waals surface area contributed by atoms with Gasteiger partial charge in [0, 0.05) is 29.0 Å². The third-order valence-electron chi connectivity index (χ3n) is 3.51. The van der Waals surface area contributed by atoms with Gasteiger partial charge in [0.15, 0.2) is 6.61 Å². The number of anilines is 1. The van der Waals surface area contributed by atoms with Crippen LogP contribution in [0.5, 0.6) is 0 Å². The molecule has 10 nitrogen and oxygen atoms in total. The molecule has 1 N–H and O–H groups in total. The van der Waals surface area contributed by atoms with Crippen LogP contribution in [-0.4, -0.2) is 33.2 Å². The number of ether oxygens (including phenoxy) is 1. The number of benzene rings is 1. The summed E-state index contributed by atoms with van der Waals surface area (Å²) in [6.07, 6.45) is 3.38. The van der Waals surface area contributed by atoms with E-state index < -0.39 is 23.4 Å². The summed E-state index contributed by atoms with van der Waals surface area (Å²) in [5.74, 6) is -0.919. The number of esters is 1. The fourth-order valence-corrected chi connectivity index (χ4v) is 2.70. The summed E-state index contributed by atoms with van der Waals surface area (Å²) in [7, 11) is 0. The SMILES string of the molecule is O=C(COC(=O)c1ccc(Cn2cccn2)o1)Nc1ccc([N+](=O)[O-])cc1Br. The molecular formula is C17H13BrN4O6. The minimum Gasteiger partial charge on any atom is -0.452 e. The molecule has 0 spiro atoms.